The van der Waals surface area contributed by atoms with E-state index in [0.29, 0.717) is 26.5 Å². The van der Waals surface area contributed by atoms with Crippen LogP contribution in [0.15, 0.2) is 24.5 Å². The van der Waals surface area contributed by atoms with E-state index in [9.17, 15) is 20.0 Å². The van der Waals surface area contributed by atoms with Crippen molar-refractivity contribution >= 4 is 44.7 Å². The summed E-state index contributed by atoms with van der Waals surface area (Å²) in [5.74, 6) is -0.364. The molecule has 0 aliphatic heterocycles. The molecule has 0 saturated heterocycles. The number of hydrogen-bond acceptors (Lipinski definition) is 10. The molecule has 146 valence electrons. The molecule has 11 heteroatoms. The highest BCUT2D eigenvalue weighted by Gasteiger charge is 2.21. The number of fused-ring (bicyclic) bond motifs is 1. The molecule has 0 fully saturated rings. The van der Waals surface area contributed by atoms with E-state index in [4.69, 9.17) is 9.47 Å². The van der Waals surface area contributed by atoms with Crippen molar-refractivity contribution < 1.29 is 24.3 Å². The number of phenolic OH excluding ortho intramolecular Hbond substituents is 1. The van der Waals surface area contributed by atoms with Gasteiger partial charge in [-0.15, -0.1) is 11.3 Å². The number of ether oxygens (including phenoxy) is 2. The third-order valence-electron chi connectivity index (χ3n) is 3.88. The third-order valence-corrected chi connectivity index (χ3v) is 5.06. The van der Waals surface area contributed by atoms with E-state index in [-0.39, 0.29) is 30.3 Å². The number of nitro benzene ring substituents is 1. The smallest absolute Gasteiger partial charge is 0.348 e. The number of hydrogen-bond donors (Lipinski definition) is 2. The highest BCUT2D eigenvalue weighted by Crippen LogP contribution is 2.37. The molecule has 0 aliphatic carbocycles. The average molecular weight is 404 g/mol. The number of carbonyl (C=O) groups excluding carboxylic acids is 1. The van der Waals surface area contributed by atoms with Gasteiger partial charge in [0.1, 0.15) is 34.2 Å². The molecule has 3 aromatic rings. The summed E-state index contributed by atoms with van der Waals surface area (Å²) in [5, 5.41) is 24.5. The summed E-state index contributed by atoms with van der Waals surface area (Å²) in [4.78, 5) is 32.0. The Hall–Kier alpha value is -3.31. The van der Waals surface area contributed by atoms with Crippen LogP contribution in [0, 0.1) is 17.0 Å². The fraction of sp³-hybridized carbons (Fsp3) is 0.235. The monoisotopic (exact) mass is 404 g/mol. The van der Waals surface area contributed by atoms with Crippen molar-refractivity contribution in [3.63, 3.8) is 0 Å². The number of esters is 1. The Morgan fingerprint density at radius 2 is 2.14 bits per heavy atom. The van der Waals surface area contributed by atoms with Gasteiger partial charge in [-0.05, 0) is 18.6 Å². The van der Waals surface area contributed by atoms with Gasteiger partial charge in [-0.25, -0.2) is 14.8 Å². The lowest BCUT2D eigenvalue weighted by molar-refractivity contribution is -0.384. The minimum atomic E-state index is -0.565. The molecule has 2 aromatic heterocycles. The molecule has 0 aliphatic rings. The molecular weight excluding hydrogens is 388 g/mol. The number of nitrogens with zero attached hydrogens (tertiary/aromatic N) is 3. The first-order valence-corrected chi connectivity index (χ1v) is 8.88. The largest absolute Gasteiger partial charge is 0.506 e. The summed E-state index contributed by atoms with van der Waals surface area (Å²) in [7, 11) is 1.51. The number of methoxy groups -OCH3 is 1. The van der Waals surface area contributed by atoms with Crippen LogP contribution in [0.4, 0.5) is 17.2 Å². The number of rotatable bonds is 7. The molecule has 0 unspecified atom stereocenters. The average Bonchev–Trinajstić information content (AvgIpc) is 3.01. The molecule has 2 heterocycles. The number of phenols is 1. The maximum Gasteiger partial charge on any atom is 0.348 e. The molecule has 10 nitrogen and oxygen atoms in total. The number of non-ortho nitro benzene ring substituents is 1. The van der Waals surface area contributed by atoms with Gasteiger partial charge in [0.2, 0.25) is 0 Å². The second-order valence-electron chi connectivity index (χ2n) is 5.67. The molecule has 28 heavy (non-hydrogen) atoms. The van der Waals surface area contributed by atoms with Gasteiger partial charge >= 0.3 is 5.97 Å². The van der Waals surface area contributed by atoms with E-state index in [1.54, 1.807) is 6.92 Å². The first-order valence-electron chi connectivity index (χ1n) is 8.07. The zero-order valence-corrected chi connectivity index (χ0v) is 15.8. The molecule has 0 saturated carbocycles. The number of aromatic hydroxyl groups is 1. The number of nitro groups is 1. The third kappa shape index (κ3) is 3.85. The van der Waals surface area contributed by atoms with Crippen molar-refractivity contribution in [3.8, 4) is 5.75 Å². The van der Waals surface area contributed by atoms with Crippen LogP contribution in [-0.4, -0.2) is 46.3 Å². The predicted molar refractivity (Wildman–Crippen MR) is 102 cm³/mol. The van der Waals surface area contributed by atoms with Gasteiger partial charge in [0.15, 0.2) is 0 Å². The first kappa shape index (κ1) is 19.5. The fourth-order valence-corrected chi connectivity index (χ4v) is 3.55. The maximum absolute atomic E-state index is 12.3. The van der Waals surface area contributed by atoms with E-state index < -0.39 is 10.9 Å². The SMILES string of the molecule is COCCOC(=O)c1sc2ncnc(Nc3cc([N+](=O)[O-])ccc3O)c2c1C. The van der Waals surface area contributed by atoms with Crippen molar-refractivity contribution in [2.75, 3.05) is 25.6 Å². The number of nitrogens with one attached hydrogen (secondary N) is 1. The lowest BCUT2D eigenvalue weighted by atomic mass is 10.2. The Bertz CT molecular complexity index is 1050. The predicted octanol–water partition coefficient (Wildman–Crippen LogP) is 3.16. The molecule has 0 radical (unpaired) electrons. The van der Waals surface area contributed by atoms with Gasteiger partial charge in [-0.2, -0.15) is 0 Å². The maximum atomic E-state index is 12.3. The van der Waals surface area contributed by atoms with Crippen LogP contribution in [0.5, 0.6) is 5.75 Å². The van der Waals surface area contributed by atoms with Crippen molar-refractivity contribution in [3.05, 3.63) is 45.1 Å². The fourth-order valence-electron chi connectivity index (χ4n) is 2.51. The molecular formula is C17H16N4O6S. The van der Waals surface area contributed by atoms with Crippen LogP contribution in [0.25, 0.3) is 10.2 Å². The Morgan fingerprint density at radius 1 is 1.36 bits per heavy atom. The van der Waals surface area contributed by atoms with E-state index in [1.165, 1.54) is 31.6 Å². The Balaban J connectivity index is 1.98. The highest BCUT2D eigenvalue weighted by atomic mass is 32.1. The number of thiophene rings is 1. The van der Waals surface area contributed by atoms with Gasteiger partial charge in [0.05, 0.1) is 22.6 Å². The summed E-state index contributed by atoms with van der Waals surface area (Å²) in [6, 6.07) is 3.61. The molecule has 0 bridgehead atoms. The standard InChI is InChI=1S/C17H16N4O6S/c1-9-13-15(20-11-7-10(21(24)25)3-4-12(11)22)18-8-19-16(13)28-14(9)17(23)27-6-5-26-2/h3-4,7-8,22H,5-6H2,1-2H3,(H,18,19,20). The Morgan fingerprint density at radius 3 is 2.86 bits per heavy atom. The topological polar surface area (TPSA) is 137 Å². The normalized spacial score (nSPS) is 10.8. The zero-order valence-electron chi connectivity index (χ0n) is 15.0. The van der Waals surface area contributed by atoms with Crippen LogP contribution >= 0.6 is 11.3 Å². The summed E-state index contributed by atoms with van der Waals surface area (Å²) < 4.78 is 10.0. The van der Waals surface area contributed by atoms with Crippen LogP contribution in [0.1, 0.15) is 15.2 Å². The highest BCUT2D eigenvalue weighted by molar-refractivity contribution is 7.20. The number of benzene rings is 1. The molecule has 2 N–H and O–H groups in total. The molecule has 3 rings (SSSR count). The van der Waals surface area contributed by atoms with Crippen LogP contribution in [0.2, 0.25) is 0 Å². The van der Waals surface area contributed by atoms with E-state index in [0.717, 1.165) is 11.3 Å². The number of carbonyl (C=O) groups is 1. The van der Waals surface area contributed by atoms with Gasteiger partial charge in [0, 0.05) is 19.2 Å². The minimum Gasteiger partial charge on any atom is -0.506 e. The minimum absolute atomic E-state index is 0.115. The summed E-state index contributed by atoms with van der Waals surface area (Å²) in [6.45, 7) is 2.14. The summed E-state index contributed by atoms with van der Waals surface area (Å²) >= 11 is 1.15. The summed E-state index contributed by atoms with van der Waals surface area (Å²) in [5.41, 5.74) is 0.537. The number of anilines is 2. The van der Waals surface area contributed by atoms with Gasteiger partial charge in [-0.3, -0.25) is 10.1 Å². The van der Waals surface area contributed by atoms with E-state index in [1.807, 2.05) is 0 Å². The lowest BCUT2D eigenvalue weighted by Gasteiger charge is -2.09. The van der Waals surface area contributed by atoms with Crippen molar-refractivity contribution in [2.45, 2.75) is 6.92 Å². The van der Waals surface area contributed by atoms with Gasteiger partial charge in [-0.1, -0.05) is 0 Å². The van der Waals surface area contributed by atoms with Crippen LogP contribution < -0.4 is 5.32 Å². The Kier molecular flexibility index (Phi) is 5.66. The van der Waals surface area contributed by atoms with Gasteiger partial charge < -0.3 is 19.9 Å². The zero-order chi connectivity index (χ0) is 20.3. The number of aryl methyl sites for hydroxylation is 1. The second kappa shape index (κ2) is 8.15. The van der Waals surface area contributed by atoms with Crippen LogP contribution in [-0.2, 0) is 9.47 Å². The first-order chi connectivity index (χ1) is 13.4. The van der Waals surface area contributed by atoms with Crippen molar-refractivity contribution in [2.24, 2.45) is 0 Å². The van der Waals surface area contributed by atoms with Crippen molar-refractivity contribution in [1.29, 1.82) is 0 Å². The Labute approximate surface area is 162 Å². The quantitative estimate of drug-likeness (QED) is 0.200. The molecule has 0 spiro atoms. The molecule has 1 aromatic carbocycles. The van der Waals surface area contributed by atoms with E-state index >= 15 is 0 Å². The lowest BCUT2D eigenvalue weighted by Crippen LogP contribution is -2.09. The molecule has 0 amide bonds. The van der Waals surface area contributed by atoms with Gasteiger partial charge in [0.25, 0.3) is 5.69 Å². The van der Waals surface area contributed by atoms with E-state index in [2.05, 4.69) is 15.3 Å². The number of aromatic nitrogens is 2. The summed E-state index contributed by atoms with van der Waals surface area (Å²) in [6.07, 6.45) is 1.30. The molecule has 0 atom stereocenters. The second-order valence-corrected chi connectivity index (χ2v) is 6.67. The van der Waals surface area contributed by atoms with Crippen LogP contribution in [0.3, 0.4) is 0 Å². The van der Waals surface area contributed by atoms with Crippen molar-refractivity contribution in [1.82, 2.24) is 9.97 Å².